The molecule has 9 heteroatoms. The third-order valence-corrected chi connectivity index (χ3v) is 9.58. The summed E-state index contributed by atoms with van der Waals surface area (Å²) in [5.74, 6) is 1.55. The van der Waals surface area contributed by atoms with Crippen molar-refractivity contribution in [3.8, 4) is 0 Å². The number of furan rings is 1. The second-order valence-electron chi connectivity index (χ2n) is 10.2. The average molecular weight is 539 g/mol. The van der Waals surface area contributed by atoms with E-state index in [-0.39, 0.29) is 0 Å². The van der Waals surface area contributed by atoms with Gasteiger partial charge < -0.3 is 25.7 Å². The van der Waals surface area contributed by atoms with Crippen molar-refractivity contribution in [1.82, 2.24) is 15.3 Å². The number of hydrogen-bond donors (Lipinski definition) is 3. The molecule has 1 aromatic carbocycles. The van der Waals surface area contributed by atoms with Crippen LogP contribution in [0.1, 0.15) is 43.7 Å². The van der Waals surface area contributed by atoms with Crippen LogP contribution in [0.15, 0.2) is 64.0 Å². The maximum Gasteiger partial charge on any atom is 0.147 e. The van der Waals surface area contributed by atoms with Crippen molar-refractivity contribution < 1.29 is 4.42 Å². The van der Waals surface area contributed by atoms with Gasteiger partial charge >= 0.3 is 0 Å². The van der Waals surface area contributed by atoms with Gasteiger partial charge in [0, 0.05) is 60.1 Å². The van der Waals surface area contributed by atoms with E-state index in [0.29, 0.717) is 28.9 Å². The van der Waals surface area contributed by atoms with Gasteiger partial charge in [0.2, 0.25) is 0 Å². The highest BCUT2D eigenvalue weighted by molar-refractivity contribution is 7.99. The fraction of sp³-hybridized carbons (Fsp3) is 0.429. The molecule has 1 aliphatic carbocycles. The summed E-state index contributed by atoms with van der Waals surface area (Å²) in [4.78, 5) is 12.7. The zero-order chi connectivity index (χ0) is 26.0. The molecule has 2 atom stereocenters. The topological polar surface area (TPSA) is 92.2 Å². The average Bonchev–Trinajstić information content (AvgIpc) is 3.54. The molecule has 2 aliphatic rings. The van der Waals surface area contributed by atoms with Gasteiger partial charge in [-0.25, -0.2) is 9.97 Å². The van der Waals surface area contributed by atoms with Gasteiger partial charge in [0.1, 0.15) is 10.8 Å². The molecule has 2 fully saturated rings. The minimum atomic E-state index is 0.310. The van der Waals surface area contributed by atoms with Gasteiger partial charge in [-0.05, 0) is 55.2 Å². The van der Waals surface area contributed by atoms with E-state index in [1.807, 2.05) is 37.6 Å². The second-order valence-corrected chi connectivity index (χ2v) is 11.7. The zero-order valence-corrected chi connectivity index (χ0v) is 23.0. The molecular weight excluding hydrogens is 504 g/mol. The zero-order valence-electron chi connectivity index (χ0n) is 21.5. The van der Waals surface area contributed by atoms with Crippen molar-refractivity contribution in [2.24, 2.45) is 17.1 Å². The summed E-state index contributed by atoms with van der Waals surface area (Å²) in [6.07, 6.45) is 11.8. The molecule has 7 nitrogen and oxygen atoms in total. The van der Waals surface area contributed by atoms with Gasteiger partial charge in [-0.15, -0.1) is 0 Å². The van der Waals surface area contributed by atoms with Crippen molar-refractivity contribution in [2.45, 2.75) is 55.1 Å². The van der Waals surface area contributed by atoms with Gasteiger partial charge in [0.05, 0.1) is 29.9 Å². The Morgan fingerprint density at radius 2 is 2.05 bits per heavy atom. The molecule has 5 rings (SSSR count). The molecule has 1 saturated heterocycles. The molecule has 0 radical (unpaired) electrons. The number of rotatable bonds is 8. The first kappa shape index (κ1) is 25.9. The maximum absolute atomic E-state index is 6.89. The first-order valence-electron chi connectivity index (χ1n) is 12.8. The molecule has 4 N–H and O–H groups in total. The molecule has 196 valence electrons. The molecule has 3 heterocycles. The van der Waals surface area contributed by atoms with E-state index >= 15 is 0 Å². The van der Waals surface area contributed by atoms with Crippen molar-refractivity contribution >= 4 is 40.6 Å². The molecule has 0 bridgehead atoms. The number of halogens is 1. The predicted molar refractivity (Wildman–Crippen MR) is 152 cm³/mol. The summed E-state index contributed by atoms with van der Waals surface area (Å²) in [5, 5.41) is 7.98. The molecule has 2 unspecified atom stereocenters. The number of nitrogens with zero attached hydrogens (tertiary/aromatic N) is 3. The predicted octanol–water partition coefficient (Wildman–Crippen LogP) is 6.02. The van der Waals surface area contributed by atoms with Crippen LogP contribution in [0.3, 0.4) is 0 Å². The largest absolute Gasteiger partial charge is 0.472 e. The Balaban J connectivity index is 1.25. The van der Waals surface area contributed by atoms with Crippen LogP contribution in [-0.4, -0.2) is 36.1 Å². The number of benzene rings is 1. The monoisotopic (exact) mass is 538 g/mol. The highest BCUT2D eigenvalue weighted by Crippen LogP contribution is 2.48. The van der Waals surface area contributed by atoms with Gasteiger partial charge in [-0.3, -0.25) is 0 Å². The summed E-state index contributed by atoms with van der Waals surface area (Å²) < 4.78 is 5.15. The minimum absolute atomic E-state index is 0.310. The molecule has 37 heavy (non-hydrogen) atoms. The molecular formula is C28H35ClN6OS. The Hall–Kier alpha value is -2.68. The smallest absolute Gasteiger partial charge is 0.147 e. The fourth-order valence-corrected chi connectivity index (χ4v) is 6.86. The molecule has 1 spiro atoms. The fourth-order valence-electron chi connectivity index (χ4n) is 5.70. The molecule has 2 aromatic heterocycles. The molecule has 0 amide bonds. The normalized spacial score (nSPS) is 20.8. The second kappa shape index (κ2) is 11.0. The Morgan fingerprint density at radius 3 is 2.68 bits per heavy atom. The van der Waals surface area contributed by atoms with Crippen LogP contribution in [0.4, 0.5) is 11.5 Å². The standard InChI is InChI=1S/C28H35ClN6OS/c1-18-6-8-28(27(18)30)9-11-35(12-10-28)23-15-34-24(16-33-23)37-22-5-4-21(31-3)25(26(22)29)19(2)32-14-20-7-13-36-17-20/h4-5,7,13,15-18,27,31-32H,2,6,8-12,14,30H2,1,3H3. The van der Waals surface area contributed by atoms with E-state index in [1.165, 1.54) is 24.6 Å². The van der Waals surface area contributed by atoms with Gasteiger partial charge in [-0.2, -0.15) is 0 Å². The van der Waals surface area contributed by atoms with Crippen LogP contribution in [0.2, 0.25) is 5.02 Å². The summed E-state index contributed by atoms with van der Waals surface area (Å²) in [6, 6.07) is 6.24. The number of hydrogen-bond acceptors (Lipinski definition) is 8. The lowest BCUT2D eigenvalue weighted by molar-refractivity contribution is 0.186. The van der Waals surface area contributed by atoms with Crippen molar-refractivity contribution in [2.75, 3.05) is 30.4 Å². The highest BCUT2D eigenvalue weighted by Gasteiger charge is 2.46. The van der Waals surface area contributed by atoms with Crippen LogP contribution in [0, 0.1) is 11.3 Å². The van der Waals surface area contributed by atoms with Crippen molar-refractivity contribution in [3.63, 3.8) is 0 Å². The molecule has 1 aliphatic heterocycles. The van der Waals surface area contributed by atoms with Crippen LogP contribution < -0.4 is 21.3 Å². The number of piperidine rings is 1. The summed E-state index contributed by atoms with van der Waals surface area (Å²) in [6.45, 7) is 9.08. The molecule has 3 aromatic rings. The summed E-state index contributed by atoms with van der Waals surface area (Å²) >= 11 is 8.39. The van der Waals surface area contributed by atoms with Crippen molar-refractivity contribution in [1.29, 1.82) is 0 Å². The van der Waals surface area contributed by atoms with Gasteiger partial charge in [-0.1, -0.05) is 36.9 Å². The Morgan fingerprint density at radius 1 is 1.24 bits per heavy atom. The number of nitrogens with two attached hydrogens (primary N) is 1. The molecule has 1 saturated carbocycles. The lowest BCUT2D eigenvalue weighted by Gasteiger charge is -2.43. The lowest BCUT2D eigenvalue weighted by Crippen LogP contribution is -2.48. The van der Waals surface area contributed by atoms with E-state index in [9.17, 15) is 0 Å². The quantitative estimate of drug-likeness (QED) is 0.320. The lowest BCUT2D eigenvalue weighted by atomic mass is 9.73. The van der Waals surface area contributed by atoms with E-state index in [0.717, 1.165) is 64.2 Å². The van der Waals surface area contributed by atoms with Crippen LogP contribution in [-0.2, 0) is 6.54 Å². The third kappa shape index (κ3) is 5.33. The Labute approximate surface area is 228 Å². The Kier molecular flexibility index (Phi) is 7.70. The summed E-state index contributed by atoms with van der Waals surface area (Å²) in [5.41, 5.74) is 10.4. The van der Waals surface area contributed by atoms with E-state index < -0.39 is 0 Å². The third-order valence-electron chi connectivity index (χ3n) is 8.09. The van der Waals surface area contributed by atoms with Crippen LogP contribution in [0.5, 0.6) is 0 Å². The summed E-state index contributed by atoms with van der Waals surface area (Å²) in [7, 11) is 1.87. The van der Waals surface area contributed by atoms with Crippen molar-refractivity contribution in [3.05, 3.63) is 65.8 Å². The van der Waals surface area contributed by atoms with E-state index in [2.05, 4.69) is 29.0 Å². The van der Waals surface area contributed by atoms with E-state index in [4.69, 9.17) is 31.7 Å². The number of aromatic nitrogens is 2. The van der Waals surface area contributed by atoms with Gasteiger partial charge in [0.15, 0.2) is 0 Å². The van der Waals surface area contributed by atoms with Crippen LogP contribution >= 0.6 is 23.4 Å². The first-order valence-corrected chi connectivity index (χ1v) is 14.0. The number of anilines is 2. The minimum Gasteiger partial charge on any atom is -0.472 e. The number of nitrogens with one attached hydrogen (secondary N) is 2. The van der Waals surface area contributed by atoms with E-state index in [1.54, 1.807) is 12.5 Å². The Bertz CT molecular complexity index is 1220. The first-order chi connectivity index (χ1) is 17.9. The SMILES string of the molecule is C=C(NCc1ccoc1)c1c(NC)ccc(Sc2cnc(N3CCC4(CCC(C)C4N)CC3)cn2)c1Cl. The maximum atomic E-state index is 6.89. The van der Waals surface area contributed by atoms with Gasteiger partial charge in [0.25, 0.3) is 0 Å². The highest BCUT2D eigenvalue weighted by atomic mass is 35.5. The van der Waals surface area contributed by atoms with Crippen LogP contribution in [0.25, 0.3) is 5.70 Å².